The maximum absolute atomic E-state index is 4.10. The molecule has 0 aliphatic rings. The Labute approximate surface area is 72.2 Å². The number of hydrogen-bond donors (Lipinski definition) is 0. The molecular weight excluding hydrogens is 206 g/mol. The zero-order chi connectivity index (χ0) is 7.84. The van der Waals surface area contributed by atoms with E-state index >= 15 is 0 Å². The van der Waals surface area contributed by atoms with E-state index < -0.39 is 0 Å². The second-order valence-electron chi connectivity index (χ2n) is 2.33. The molecule has 0 unspecified atom stereocenters. The molecule has 0 spiro atoms. The molecule has 4 heteroatoms. The molecule has 2 rings (SSSR count). The monoisotopic (exact) mass is 211 g/mol. The second kappa shape index (κ2) is 2.30. The molecule has 0 fully saturated rings. The van der Waals surface area contributed by atoms with Gasteiger partial charge in [0.05, 0.1) is 0 Å². The summed E-state index contributed by atoms with van der Waals surface area (Å²) in [6.45, 7) is 2.01. The van der Waals surface area contributed by atoms with Gasteiger partial charge in [-0.1, -0.05) is 6.07 Å². The summed E-state index contributed by atoms with van der Waals surface area (Å²) in [7, 11) is 0. The molecule has 0 aliphatic heterocycles. The van der Waals surface area contributed by atoms with Crippen LogP contribution in [0.5, 0.6) is 0 Å². The molecule has 11 heavy (non-hydrogen) atoms. The minimum atomic E-state index is 0.902. The number of hydrogen-bond acceptors (Lipinski definition) is 2. The summed E-state index contributed by atoms with van der Waals surface area (Å²) in [5, 5.41) is 4.04. The minimum absolute atomic E-state index is 0.902. The summed E-state index contributed by atoms with van der Waals surface area (Å²) in [6, 6.07) is 3.96. The second-order valence-corrected chi connectivity index (χ2v) is 3.15. The molecule has 0 aromatic carbocycles. The molecule has 0 aliphatic carbocycles. The van der Waals surface area contributed by atoms with Crippen molar-refractivity contribution in [3.05, 3.63) is 28.6 Å². The van der Waals surface area contributed by atoms with Crippen LogP contribution in [0.1, 0.15) is 5.56 Å². The van der Waals surface area contributed by atoms with Gasteiger partial charge < -0.3 is 0 Å². The van der Waals surface area contributed by atoms with Crippen LogP contribution in [-0.4, -0.2) is 14.6 Å². The number of aryl methyl sites for hydroxylation is 1. The lowest BCUT2D eigenvalue weighted by Crippen LogP contribution is -1.90. The quantitative estimate of drug-likeness (QED) is 0.623. The van der Waals surface area contributed by atoms with Gasteiger partial charge in [0, 0.05) is 0 Å². The number of nitrogens with zero attached hydrogens (tertiary/aromatic N) is 3. The third-order valence-electron chi connectivity index (χ3n) is 1.57. The van der Waals surface area contributed by atoms with Gasteiger partial charge >= 0.3 is 0 Å². The van der Waals surface area contributed by atoms with Crippen LogP contribution in [0.3, 0.4) is 0 Å². The van der Waals surface area contributed by atoms with Gasteiger partial charge in [-0.25, -0.2) is 9.50 Å². The predicted molar refractivity (Wildman–Crippen MR) is 45.4 cm³/mol. The zero-order valence-electron chi connectivity index (χ0n) is 5.95. The van der Waals surface area contributed by atoms with E-state index in [1.807, 2.05) is 19.1 Å². The molecule has 2 heterocycles. The third kappa shape index (κ3) is 0.939. The summed E-state index contributed by atoms with van der Waals surface area (Å²) in [6.07, 6.45) is 1.55. The molecule has 0 saturated carbocycles. The van der Waals surface area contributed by atoms with E-state index in [-0.39, 0.29) is 0 Å². The van der Waals surface area contributed by atoms with Crippen molar-refractivity contribution in [3.63, 3.8) is 0 Å². The molecule has 2 aromatic rings. The Morgan fingerprint density at radius 1 is 1.45 bits per heavy atom. The van der Waals surface area contributed by atoms with Gasteiger partial charge in [0.25, 0.3) is 0 Å². The van der Waals surface area contributed by atoms with E-state index in [0.29, 0.717) is 0 Å². The fraction of sp³-hybridized carbons (Fsp3) is 0.143. The van der Waals surface area contributed by atoms with Crippen molar-refractivity contribution in [2.24, 2.45) is 0 Å². The highest BCUT2D eigenvalue weighted by atomic mass is 79.9. The highest BCUT2D eigenvalue weighted by Gasteiger charge is 2.00. The van der Waals surface area contributed by atoms with E-state index in [2.05, 4.69) is 26.0 Å². The van der Waals surface area contributed by atoms with E-state index in [9.17, 15) is 0 Å². The van der Waals surface area contributed by atoms with Crippen LogP contribution >= 0.6 is 15.9 Å². The van der Waals surface area contributed by atoms with Gasteiger partial charge in [0.15, 0.2) is 5.65 Å². The molecule has 2 aromatic heterocycles. The average Bonchev–Trinajstić information content (AvgIpc) is 2.45. The number of halogens is 1. The Morgan fingerprint density at radius 2 is 2.27 bits per heavy atom. The fourth-order valence-electron chi connectivity index (χ4n) is 1.01. The van der Waals surface area contributed by atoms with Crippen molar-refractivity contribution in [3.8, 4) is 0 Å². The largest absolute Gasteiger partial charge is 0.215 e. The number of fused-ring (bicyclic) bond motifs is 1. The average molecular weight is 212 g/mol. The molecule has 0 atom stereocenters. The summed E-state index contributed by atoms with van der Waals surface area (Å²) in [5.41, 5.74) is 2.03. The molecular formula is C7H6BrN3. The van der Waals surface area contributed by atoms with Crippen LogP contribution in [0.4, 0.5) is 0 Å². The number of aromatic nitrogens is 3. The van der Waals surface area contributed by atoms with E-state index in [1.165, 1.54) is 0 Å². The molecule has 0 saturated heterocycles. The lowest BCUT2D eigenvalue weighted by atomic mass is 10.3. The maximum Gasteiger partial charge on any atom is 0.159 e. The molecule has 3 nitrogen and oxygen atoms in total. The van der Waals surface area contributed by atoms with E-state index in [0.717, 1.165) is 15.8 Å². The molecule has 0 N–H and O–H groups in total. The Bertz CT molecular complexity index is 357. The summed E-state index contributed by atoms with van der Waals surface area (Å²) < 4.78 is 2.69. The molecule has 0 bridgehead atoms. The van der Waals surface area contributed by atoms with Crippen LogP contribution in [0.2, 0.25) is 0 Å². The van der Waals surface area contributed by atoms with Gasteiger partial charge in [-0.05, 0) is 34.5 Å². The van der Waals surface area contributed by atoms with Crippen molar-refractivity contribution >= 4 is 21.6 Å². The van der Waals surface area contributed by atoms with Crippen LogP contribution in [-0.2, 0) is 0 Å². The van der Waals surface area contributed by atoms with Crippen molar-refractivity contribution in [2.45, 2.75) is 6.92 Å². The van der Waals surface area contributed by atoms with Gasteiger partial charge in [-0.15, -0.1) is 0 Å². The Balaban J connectivity index is 2.96. The number of pyridine rings is 1. The van der Waals surface area contributed by atoms with Crippen LogP contribution in [0.15, 0.2) is 23.1 Å². The third-order valence-corrected chi connectivity index (χ3v) is 2.17. The van der Waals surface area contributed by atoms with Crippen molar-refractivity contribution < 1.29 is 0 Å². The topological polar surface area (TPSA) is 30.2 Å². The van der Waals surface area contributed by atoms with Crippen LogP contribution < -0.4 is 0 Å². The highest BCUT2D eigenvalue weighted by Crippen LogP contribution is 2.13. The smallest absolute Gasteiger partial charge is 0.159 e. The minimum Gasteiger partial charge on any atom is -0.215 e. The van der Waals surface area contributed by atoms with Gasteiger partial charge in [0.2, 0.25) is 0 Å². The van der Waals surface area contributed by atoms with Crippen LogP contribution in [0, 0.1) is 6.92 Å². The first-order chi connectivity index (χ1) is 5.29. The molecule has 0 radical (unpaired) electrons. The van der Waals surface area contributed by atoms with Crippen molar-refractivity contribution in [1.82, 2.24) is 14.6 Å². The zero-order valence-corrected chi connectivity index (χ0v) is 7.54. The summed E-state index contributed by atoms with van der Waals surface area (Å²) in [4.78, 5) is 4.10. The fourth-order valence-corrected chi connectivity index (χ4v) is 1.40. The van der Waals surface area contributed by atoms with E-state index in [1.54, 1.807) is 10.8 Å². The van der Waals surface area contributed by atoms with Crippen molar-refractivity contribution in [2.75, 3.05) is 0 Å². The Morgan fingerprint density at radius 3 is 3.00 bits per heavy atom. The summed E-state index contributed by atoms with van der Waals surface area (Å²) >= 11 is 3.37. The van der Waals surface area contributed by atoms with E-state index in [4.69, 9.17) is 0 Å². The molecule has 56 valence electrons. The first-order valence-corrected chi connectivity index (χ1v) is 4.03. The lowest BCUT2D eigenvalue weighted by molar-refractivity contribution is 0.930. The predicted octanol–water partition coefficient (Wildman–Crippen LogP) is 1.80. The first-order valence-electron chi connectivity index (χ1n) is 3.24. The summed E-state index contributed by atoms with van der Waals surface area (Å²) in [5.74, 6) is 0. The number of rotatable bonds is 0. The highest BCUT2D eigenvalue weighted by molar-refractivity contribution is 9.10. The normalized spacial score (nSPS) is 10.7. The molecule has 0 amide bonds. The lowest BCUT2D eigenvalue weighted by Gasteiger charge is -1.97. The standard InChI is InChI=1S/C7H6BrN3/c1-5-2-3-6(8)11-7(5)9-4-10-11/h2-4H,1H3. The van der Waals surface area contributed by atoms with Gasteiger partial charge in [-0.3, -0.25) is 0 Å². The maximum atomic E-state index is 4.10. The first kappa shape index (κ1) is 6.79. The Kier molecular flexibility index (Phi) is 1.42. The van der Waals surface area contributed by atoms with Gasteiger partial charge in [0.1, 0.15) is 10.9 Å². The van der Waals surface area contributed by atoms with Gasteiger partial charge in [-0.2, -0.15) is 5.10 Å². The van der Waals surface area contributed by atoms with Crippen molar-refractivity contribution in [1.29, 1.82) is 0 Å². The van der Waals surface area contributed by atoms with Crippen LogP contribution in [0.25, 0.3) is 5.65 Å². The Hall–Kier alpha value is -0.900. The SMILES string of the molecule is Cc1ccc(Br)n2ncnc12.